The summed E-state index contributed by atoms with van der Waals surface area (Å²) in [5, 5.41) is 12.6. The summed E-state index contributed by atoms with van der Waals surface area (Å²) in [6, 6.07) is 8.87. The summed E-state index contributed by atoms with van der Waals surface area (Å²) in [4.78, 5) is 4.46. The second kappa shape index (κ2) is 8.92. The molecule has 0 saturated heterocycles. The smallest absolute Gasteiger partial charge is 0.146 e. The number of hydrogen-bond donors (Lipinski definition) is 2. The molecule has 0 fully saturated rings. The summed E-state index contributed by atoms with van der Waals surface area (Å²) in [6.45, 7) is 8.86. The van der Waals surface area contributed by atoms with E-state index in [1.54, 1.807) is 6.07 Å². The molecule has 2 rings (SSSR count). The Balaban J connectivity index is 2.22. The van der Waals surface area contributed by atoms with E-state index in [2.05, 4.69) is 10.3 Å². The number of nitrogens with one attached hydrogen (secondary N) is 1. The van der Waals surface area contributed by atoms with Gasteiger partial charge in [0, 0.05) is 18.2 Å². The van der Waals surface area contributed by atoms with Crippen LogP contribution in [0.2, 0.25) is 0 Å². The van der Waals surface area contributed by atoms with E-state index >= 15 is 0 Å². The first-order valence-corrected chi connectivity index (χ1v) is 8.69. The molecule has 0 aliphatic rings. The number of nitrogens with zero attached hydrogens (tertiary/aromatic N) is 1. The van der Waals surface area contributed by atoms with Crippen LogP contribution in [0.5, 0.6) is 5.75 Å². The van der Waals surface area contributed by atoms with Gasteiger partial charge in [0.2, 0.25) is 0 Å². The second-order valence-corrected chi connectivity index (χ2v) is 6.45. The minimum absolute atomic E-state index is 0.0110. The van der Waals surface area contributed by atoms with Crippen molar-refractivity contribution in [3.05, 3.63) is 47.4 Å². The van der Waals surface area contributed by atoms with Crippen molar-refractivity contribution in [1.29, 1.82) is 0 Å². The number of aryl methyl sites for hydroxylation is 1. The van der Waals surface area contributed by atoms with Gasteiger partial charge in [-0.25, -0.2) is 9.37 Å². The quantitative estimate of drug-likeness (QED) is 0.765. The van der Waals surface area contributed by atoms with E-state index < -0.39 is 0 Å². The SMILES string of the molecule is CCOc1ccc(-c2ccc(F)c(CN[C@@H](CO)C(C)C)n2)cc1C. The van der Waals surface area contributed by atoms with E-state index in [0.29, 0.717) is 12.3 Å². The molecule has 0 bridgehead atoms. The maximum Gasteiger partial charge on any atom is 0.146 e. The third-order valence-corrected chi connectivity index (χ3v) is 4.22. The van der Waals surface area contributed by atoms with Gasteiger partial charge in [-0.3, -0.25) is 0 Å². The maximum absolute atomic E-state index is 14.1. The molecule has 2 N–H and O–H groups in total. The average Bonchev–Trinajstić information content (AvgIpc) is 2.58. The number of benzene rings is 1. The van der Waals surface area contributed by atoms with Crippen molar-refractivity contribution in [2.24, 2.45) is 5.92 Å². The van der Waals surface area contributed by atoms with Crippen LogP contribution in [0.1, 0.15) is 32.0 Å². The van der Waals surface area contributed by atoms with Crippen molar-refractivity contribution >= 4 is 0 Å². The minimum Gasteiger partial charge on any atom is -0.494 e. The third-order valence-electron chi connectivity index (χ3n) is 4.22. The fourth-order valence-electron chi connectivity index (χ4n) is 2.63. The zero-order valence-electron chi connectivity index (χ0n) is 15.3. The fraction of sp³-hybridized carbons (Fsp3) is 0.450. The molecule has 0 aliphatic heterocycles. The molecule has 0 amide bonds. The molecule has 0 radical (unpaired) electrons. The maximum atomic E-state index is 14.1. The monoisotopic (exact) mass is 346 g/mol. The van der Waals surface area contributed by atoms with Crippen molar-refractivity contribution in [1.82, 2.24) is 10.3 Å². The Bertz CT molecular complexity index is 704. The molecular formula is C20H27FN2O2. The number of pyridine rings is 1. The molecule has 25 heavy (non-hydrogen) atoms. The summed E-state index contributed by atoms with van der Waals surface area (Å²) in [6.07, 6.45) is 0. The zero-order chi connectivity index (χ0) is 18.4. The Labute approximate surface area is 149 Å². The highest BCUT2D eigenvalue weighted by molar-refractivity contribution is 5.62. The molecule has 1 aromatic carbocycles. The topological polar surface area (TPSA) is 54.4 Å². The van der Waals surface area contributed by atoms with Gasteiger partial charge in [0.05, 0.1) is 24.6 Å². The number of aliphatic hydroxyl groups excluding tert-OH is 1. The molecule has 0 saturated carbocycles. The molecule has 1 aromatic heterocycles. The first-order chi connectivity index (χ1) is 12.0. The summed E-state index contributed by atoms with van der Waals surface area (Å²) in [5.41, 5.74) is 3.01. The van der Waals surface area contributed by atoms with E-state index in [-0.39, 0.29) is 30.9 Å². The van der Waals surface area contributed by atoms with Crippen molar-refractivity contribution in [2.75, 3.05) is 13.2 Å². The number of ether oxygens (including phenoxy) is 1. The van der Waals surface area contributed by atoms with E-state index in [4.69, 9.17) is 4.74 Å². The molecule has 2 aromatic rings. The number of aliphatic hydroxyl groups is 1. The predicted molar refractivity (Wildman–Crippen MR) is 98.1 cm³/mol. The second-order valence-electron chi connectivity index (χ2n) is 6.45. The fourth-order valence-corrected chi connectivity index (χ4v) is 2.63. The van der Waals surface area contributed by atoms with Crippen LogP contribution in [0, 0.1) is 18.7 Å². The lowest BCUT2D eigenvalue weighted by Gasteiger charge is -2.20. The van der Waals surface area contributed by atoms with E-state index in [0.717, 1.165) is 22.6 Å². The standard InChI is InChI=1S/C20H27FN2O2/c1-5-25-20-9-6-15(10-14(20)4)17-8-7-16(21)18(23-17)11-22-19(12-24)13(2)3/h6-10,13,19,22,24H,5,11-12H2,1-4H3/t19-/m0/s1. The van der Waals surface area contributed by atoms with Crippen molar-refractivity contribution < 1.29 is 14.2 Å². The van der Waals surface area contributed by atoms with Gasteiger partial charge in [-0.2, -0.15) is 0 Å². The Morgan fingerprint density at radius 1 is 1.24 bits per heavy atom. The molecule has 1 heterocycles. The lowest BCUT2D eigenvalue weighted by molar-refractivity contribution is 0.209. The highest BCUT2D eigenvalue weighted by Gasteiger charge is 2.14. The van der Waals surface area contributed by atoms with Crippen LogP contribution < -0.4 is 10.1 Å². The van der Waals surface area contributed by atoms with Crippen LogP contribution in [0.25, 0.3) is 11.3 Å². The van der Waals surface area contributed by atoms with E-state index in [1.807, 2.05) is 45.9 Å². The number of aromatic nitrogens is 1. The first kappa shape index (κ1) is 19.3. The van der Waals surface area contributed by atoms with Gasteiger partial charge < -0.3 is 15.2 Å². The lowest BCUT2D eigenvalue weighted by atomic mass is 10.1. The molecule has 136 valence electrons. The highest BCUT2D eigenvalue weighted by atomic mass is 19.1. The van der Waals surface area contributed by atoms with Crippen molar-refractivity contribution in [3.63, 3.8) is 0 Å². The Morgan fingerprint density at radius 2 is 2.00 bits per heavy atom. The van der Waals surface area contributed by atoms with Crippen LogP contribution in [0.4, 0.5) is 4.39 Å². The number of rotatable bonds is 8. The third kappa shape index (κ3) is 5.00. The largest absolute Gasteiger partial charge is 0.494 e. The Hall–Kier alpha value is -1.98. The van der Waals surface area contributed by atoms with Gasteiger partial charge in [0.25, 0.3) is 0 Å². The van der Waals surface area contributed by atoms with Crippen LogP contribution in [-0.2, 0) is 6.54 Å². The predicted octanol–water partition coefficient (Wildman–Crippen LogP) is 3.70. The van der Waals surface area contributed by atoms with Crippen LogP contribution >= 0.6 is 0 Å². The summed E-state index contributed by atoms with van der Waals surface area (Å²) >= 11 is 0. The van der Waals surface area contributed by atoms with Crippen LogP contribution in [-0.4, -0.2) is 29.3 Å². The Morgan fingerprint density at radius 3 is 2.60 bits per heavy atom. The van der Waals surface area contributed by atoms with Crippen LogP contribution in [0.3, 0.4) is 0 Å². The Kier molecular flexibility index (Phi) is 6.91. The van der Waals surface area contributed by atoms with Crippen molar-refractivity contribution in [2.45, 2.75) is 40.3 Å². The van der Waals surface area contributed by atoms with Crippen LogP contribution in [0.15, 0.2) is 30.3 Å². The molecule has 0 unspecified atom stereocenters. The van der Waals surface area contributed by atoms with E-state index in [1.165, 1.54) is 6.07 Å². The summed E-state index contributed by atoms with van der Waals surface area (Å²) in [5.74, 6) is 0.752. The number of halogens is 1. The van der Waals surface area contributed by atoms with E-state index in [9.17, 15) is 9.50 Å². The molecule has 0 spiro atoms. The minimum atomic E-state index is -0.348. The molecule has 1 atom stereocenters. The summed E-state index contributed by atoms with van der Waals surface area (Å²) < 4.78 is 19.7. The average molecular weight is 346 g/mol. The number of hydrogen-bond acceptors (Lipinski definition) is 4. The van der Waals surface area contributed by atoms with Gasteiger partial charge >= 0.3 is 0 Å². The van der Waals surface area contributed by atoms with Gasteiger partial charge in [-0.05, 0) is 55.7 Å². The molecular weight excluding hydrogens is 319 g/mol. The van der Waals surface area contributed by atoms with Crippen molar-refractivity contribution in [3.8, 4) is 17.0 Å². The normalized spacial score (nSPS) is 12.4. The van der Waals surface area contributed by atoms with Gasteiger partial charge in [0.1, 0.15) is 11.6 Å². The molecule has 4 nitrogen and oxygen atoms in total. The zero-order valence-corrected chi connectivity index (χ0v) is 15.3. The first-order valence-electron chi connectivity index (χ1n) is 8.69. The lowest BCUT2D eigenvalue weighted by Crippen LogP contribution is -2.36. The molecule has 0 aliphatic carbocycles. The van der Waals surface area contributed by atoms with Gasteiger partial charge in [-0.1, -0.05) is 13.8 Å². The molecule has 5 heteroatoms. The summed E-state index contributed by atoms with van der Waals surface area (Å²) in [7, 11) is 0. The van der Waals surface area contributed by atoms with Gasteiger partial charge in [0.15, 0.2) is 0 Å². The highest BCUT2D eigenvalue weighted by Crippen LogP contribution is 2.26. The van der Waals surface area contributed by atoms with Gasteiger partial charge in [-0.15, -0.1) is 0 Å².